The molecule has 0 bridgehead atoms. The Kier molecular flexibility index (Phi) is 5.57. The van der Waals surface area contributed by atoms with E-state index in [1.807, 2.05) is 24.3 Å². The summed E-state index contributed by atoms with van der Waals surface area (Å²) in [5, 5.41) is 3.94. The third-order valence-electron chi connectivity index (χ3n) is 2.85. The lowest BCUT2D eigenvalue weighted by Crippen LogP contribution is -2.19. The summed E-state index contributed by atoms with van der Waals surface area (Å²) >= 11 is 6.62. The van der Waals surface area contributed by atoms with Gasteiger partial charge in [0.25, 0.3) is 5.91 Å². The van der Waals surface area contributed by atoms with E-state index in [2.05, 4.69) is 42.4 Å². The highest BCUT2D eigenvalue weighted by atomic mass is 79.9. The maximum Gasteiger partial charge on any atom is 0.273 e. The van der Waals surface area contributed by atoms with Crippen LogP contribution in [0, 0.1) is 0 Å². The van der Waals surface area contributed by atoms with Crippen molar-refractivity contribution in [2.45, 2.75) is 0 Å². The topological polar surface area (TPSA) is 76.7 Å². The van der Waals surface area contributed by atoms with E-state index < -0.39 is 5.91 Å². The van der Waals surface area contributed by atoms with Gasteiger partial charge in [-0.15, -0.1) is 0 Å². The molecular formula is C15H13Br2N3O2. The van der Waals surface area contributed by atoms with Gasteiger partial charge < -0.3 is 10.5 Å². The van der Waals surface area contributed by atoms with Gasteiger partial charge in [-0.2, -0.15) is 5.10 Å². The second-order valence-corrected chi connectivity index (χ2v) is 6.06. The van der Waals surface area contributed by atoms with Gasteiger partial charge in [0.05, 0.1) is 24.6 Å². The fourth-order valence-electron chi connectivity index (χ4n) is 1.77. The Balaban J connectivity index is 2.15. The zero-order valence-electron chi connectivity index (χ0n) is 11.6. The third kappa shape index (κ3) is 3.86. The molecule has 0 heterocycles. The Morgan fingerprint density at radius 2 is 2.05 bits per heavy atom. The molecule has 0 unspecified atom stereocenters. The number of hydrazone groups is 1. The molecular weight excluding hydrogens is 414 g/mol. The summed E-state index contributed by atoms with van der Waals surface area (Å²) in [6.45, 7) is 0. The second-order valence-electron chi connectivity index (χ2n) is 4.29. The maximum atomic E-state index is 12.1. The molecule has 0 saturated heterocycles. The molecule has 114 valence electrons. The molecule has 7 heteroatoms. The number of benzene rings is 2. The predicted octanol–water partition coefficient (Wildman–Crippen LogP) is 3.57. The van der Waals surface area contributed by atoms with Crippen molar-refractivity contribution in [2.75, 3.05) is 12.8 Å². The molecule has 5 nitrogen and oxygen atoms in total. The number of methoxy groups -OCH3 is 1. The maximum absolute atomic E-state index is 12.1. The number of ether oxygens (including phenoxy) is 1. The predicted molar refractivity (Wildman–Crippen MR) is 94.3 cm³/mol. The number of nitrogens with one attached hydrogen (secondary N) is 1. The van der Waals surface area contributed by atoms with Crippen molar-refractivity contribution in [1.29, 1.82) is 0 Å². The minimum atomic E-state index is -0.398. The summed E-state index contributed by atoms with van der Waals surface area (Å²) in [5.41, 5.74) is 9.77. The molecule has 3 N–H and O–H groups in total. The summed E-state index contributed by atoms with van der Waals surface area (Å²) in [5.74, 6) is 0.274. The first-order chi connectivity index (χ1) is 10.5. The fourth-order valence-corrected chi connectivity index (χ4v) is 2.99. The van der Waals surface area contributed by atoms with Crippen molar-refractivity contribution < 1.29 is 9.53 Å². The number of amides is 1. The molecule has 0 saturated carbocycles. The summed E-state index contributed by atoms with van der Waals surface area (Å²) in [6, 6.07) is 10.8. The van der Waals surface area contributed by atoms with Crippen LogP contribution in [0.2, 0.25) is 0 Å². The summed E-state index contributed by atoms with van der Waals surface area (Å²) in [6.07, 6.45) is 1.51. The Hall–Kier alpha value is -1.86. The molecule has 0 fully saturated rings. The molecule has 0 radical (unpaired) electrons. The SMILES string of the molecule is COc1ccccc1/C=N\NC(=O)c1cc(Br)cc(Br)c1N. The van der Waals surface area contributed by atoms with Crippen LogP contribution in [-0.2, 0) is 0 Å². The molecule has 0 aromatic heterocycles. The number of hydrogen-bond acceptors (Lipinski definition) is 4. The van der Waals surface area contributed by atoms with Gasteiger partial charge in [-0.1, -0.05) is 28.1 Å². The van der Waals surface area contributed by atoms with Gasteiger partial charge in [-0.05, 0) is 40.2 Å². The zero-order valence-corrected chi connectivity index (χ0v) is 14.8. The average molecular weight is 427 g/mol. The average Bonchev–Trinajstić information content (AvgIpc) is 2.51. The second kappa shape index (κ2) is 7.42. The van der Waals surface area contributed by atoms with Gasteiger partial charge in [0.15, 0.2) is 0 Å². The highest BCUT2D eigenvalue weighted by molar-refractivity contribution is 9.11. The number of carbonyl (C=O) groups is 1. The van der Waals surface area contributed by atoms with Crippen LogP contribution in [0.25, 0.3) is 0 Å². The largest absolute Gasteiger partial charge is 0.496 e. The van der Waals surface area contributed by atoms with Crippen molar-refractivity contribution in [1.82, 2.24) is 5.43 Å². The van der Waals surface area contributed by atoms with Crippen molar-refractivity contribution in [3.05, 3.63) is 56.5 Å². The molecule has 2 aromatic rings. The first kappa shape index (κ1) is 16.5. The molecule has 2 aromatic carbocycles. The number of halogens is 2. The van der Waals surface area contributed by atoms with Gasteiger partial charge in [-0.3, -0.25) is 4.79 Å². The van der Waals surface area contributed by atoms with E-state index in [0.29, 0.717) is 21.5 Å². The lowest BCUT2D eigenvalue weighted by Gasteiger charge is -2.07. The van der Waals surface area contributed by atoms with E-state index in [4.69, 9.17) is 10.5 Å². The number of carbonyl (C=O) groups excluding carboxylic acids is 1. The number of para-hydroxylation sites is 1. The van der Waals surface area contributed by atoms with Crippen LogP contribution in [0.3, 0.4) is 0 Å². The van der Waals surface area contributed by atoms with Crippen LogP contribution in [0.15, 0.2) is 50.4 Å². The van der Waals surface area contributed by atoms with Gasteiger partial charge in [0, 0.05) is 14.5 Å². The molecule has 1 amide bonds. The Morgan fingerprint density at radius 1 is 1.32 bits per heavy atom. The number of anilines is 1. The van der Waals surface area contributed by atoms with E-state index >= 15 is 0 Å². The first-order valence-electron chi connectivity index (χ1n) is 6.24. The molecule has 0 atom stereocenters. The summed E-state index contributed by atoms with van der Waals surface area (Å²) in [4.78, 5) is 12.1. The molecule has 0 aliphatic rings. The summed E-state index contributed by atoms with van der Waals surface area (Å²) in [7, 11) is 1.57. The van der Waals surface area contributed by atoms with E-state index in [0.717, 1.165) is 10.0 Å². The van der Waals surface area contributed by atoms with Crippen LogP contribution in [-0.4, -0.2) is 19.2 Å². The van der Waals surface area contributed by atoms with Crippen molar-refractivity contribution in [2.24, 2.45) is 5.10 Å². The summed E-state index contributed by atoms with van der Waals surface area (Å²) < 4.78 is 6.58. The van der Waals surface area contributed by atoms with Crippen LogP contribution in [0.5, 0.6) is 5.75 Å². The highest BCUT2D eigenvalue weighted by Crippen LogP contribution is 2.28. The smallest absolute Gasteiger partial charge is 0.273 e. The lowest BCUT2D eigenvalue weighted by molar-refractivity contribution is 0.0956. The monoisotopic (exact) mass is 425 g/mol. The third-order valence-corrected chi connectivity index (χ3v) is 3.96. The lowest BCUT2D eigenvalue weighted by atomic mass is 10.2. The molecule has 0 aliphatic carbocycles. The normalized spacial score (nSPS) is 10.7. The van der Waals surface area contributed by atoms with Crippen molar-refractivity contribution in [3.63, 3.8) is 0 Å². The van der Waals surface area contributed by atoms with Crippen LogP contribution in [0.4, 0.5) is 5.69 Å². The number of nitrogens with zero attached hydrogens (tertiary/aromatic N) is 1. The van der Waals surface area contributed by atoms with E-state index in [9.17, 15) is 4.79 Å². The fraction of sp³-hybridized carbons (Fsp3) is 0.0667. The van der Waals surface area contributed by atoms with E-state index in [1.165, 1.54) is 6.21 Å². The zero-order chi connectivity index (χ0) is 16.1. The van der Waals surface area contributed by atoms with Gasteiger partial charge >= 0.3 is 0 Å². The van der Waals surface area contributed by atoms with Crippen LogP contribution in [0.1, 0.15) is 15.9 Å². The van der Waals surface area contributed by atoms with Gasteiger partial charge in [0.1, 0.15) is 5.75 Å². The Bertz CT molecular complexity index is 733. The first-order valence-corrected chi connectivity index (χ1v) is 7.82. The van der Waals surface area contributed by atoms with Gasteiger partial charge in [-0.25, -0.2) is 5.43 Å². The molecule has 2 rings (SSSR count). The number of rotatable bonds is 4. The Morgan fingerprint density at radius 3 is 2.77 bits per heavy atom. The number of nitrogens with two attached hydrogens (primary N) is 1. The van der Waals surface area contributed by atoms with Gasteiger partial charge in [0.2, 0.25) is 0 Å². The van der Waals surface area contributed by atoms with Crippen molar-refractivity contribution in [3.8, 4) is 5.75 Å². The molecule has 0 aliphatic heterocycles. The standard InChI is InChI=1S/C15H13Br2N3O2/c1-22-13-5-3-2-4-9(13)8-19-20-15(21)11-6-10(16)7-12(17)14(11)18/h2-8H,18H2,1H3,(H,20,21)/b19-8-. The minimum absolute atomic E-state index is 0.332. The van der Waals surface area contributed by atoms with Crippen molar-refractivity contribution >= 4 is 49.7 Å². The van der Waals surface area contributed by atoms with E-state index in [1.54, 1.807) is 19.2 Å². The molecule has 0 spiro atoms. The molecule has 22 heavy (non-hydrogen) atoms. The minimum Gasteiger partial charge on any atom is -0.496 e. The quantitative estimate of drug-likeness (QED) is 0.445. The van der Waals surface area contributed by atoms with E-state index in [-0.39, 0.29) is 0 Å². The highest BCUT2D eigenvalue weighted by Gasteiger charge is 2.12. The Labute approximate surface area is 144 Å². The number of hydrogen-bond donors (Lipinski definition) is 2. The van der Waals surface area contributed by atoms with Crippen LogP contribution < -0.4 is 15.9 Å². The van der Waals surface area contributed by atoms with Crippen LogP contribution >= 0.6 is 31.9 Å². The number of nitrogen functional groups attached to an aromatic ring is 1.